The molecule has 2 bridgehead atoms. The van der Waals surface area contributed by atoms with Crippen molar-refractivity contribution in [2.45, 2.75) is 44.4 Å². The van der Waals surface area contributed by atoms with Gasteiger partial charge < -0.3 is 9.84 Å². The number of rotatable bonds is 1. The zero-order valence-corrected chi connectivity index (χ0v) is 11.9. The summed E-state index contributed by atoms with van der Waals surface area (Å²) in [5.41, 5.74) is 2.28. The molecule has 2 fully saturated rings. The molecule has 2 aliphatic rings. The standard InChI is InChI=1S/C15H22N2O2/c1-10-4-11(2)14(16-7-10)15(18)5-12-8-19-9-13(6-15)17(12)3/h4,7,12-13,18H,5-6,8-9H2,1-3H3. The van der Waals surface area contributed by atoms with Gasteiger partial charge in [0.15, 0.2) is 0 Å². The fourth-order valence-corrected chi connectivity index (χ4v) is 3.54. The number of morpholine rings is 1. The van der Waals surface area contributed by atoms with Crippen LogP contribution in [0.3, 0.4) is 0 Å². The lowest BCUT2D eigenvalue weighted by molar-refractivity contribution is -0.139. The average molecular weight is 262 g/mol. The van der Waals surface area contributed by atoms with E-state index in [0.717, 1.165) is 16.8 Å². The third-order valence-corrected chi connectivity index (χ3v) is 4.57. The molecule has 0 spiro atoms. The number of ether oxygens (including phenoxy) is 1. The highest BCUT2D eigenvalue weighted by molar-refractivity contribution is 5.29. The highest BCUT2D eigenvalue weighted by atomic mass is 16.5. The van der Waals surface area contributed by atoms with Gasteiger partial charge in [0.05, 0.1) is 18.9 Å². The molecule has 2 unspecified atom stereocenters. The highest BCUT2D eigenvalue weighted by Gasteiger charge is 2.46. The molecule has 0 aliphatic carbocycles. The van der Waals surface area contributed by atoms with Crippen molar-refractivity contribution in [2.75, 3.05) is 20.3 Å². The van der Waals surface area contributed by atoms with Gasteiger partial charge in [0.2, 0.25) is 0 Å². The first-order chi connectivity index (χ1) is 8.99. The van der Waals surface area contributed by atoms with E-state index in [-0.39, 0.29) is 0 Å². The minimum atomic E-state index is -0.802. The van der Waals surface area contributed by atoms with Crippen molar-refractivity contribution in [2.24, 2.45) is 0 Å². The number of likely N-dealkylation sites (N-methyl/N-ethyl adjacent to an activating group) is 1. The van der Waals surface area contributed by atoms with Crippen molar-refractivity contribution in [3.63, 3.8) is 0 Å². The molecule has 1 N–H and O–H groups in total. The Kier molecular flexibility index (Phi) is 3.12. The lowest BCUT2D eigenvalue weighted by Gasteiger charge is -2.50. The van der Waals surface area contributed by atoms with Crippen LogP contribution >= 0.6 is 0 Å². The predicted octanol–water partition coefficient (Wildman–Crippen LogP) is 1.38. The number of fused-ring (bicyclic) bond motifs is 2. The van der Waals surface area contributed by atoms with Crippen molar-refractivity contribution >= 4 is 0 Å². The summed E-state index contributed by atoms with van der Waals surface area (Å²) in [4.78, 5) is 6.86. The van der Waals surface area contributed by atoms with E-state index in [2.05, 4.69) is 23.0 Å². The Bertz CT molecular complexity index is 475. The Hall–Kier alpha value is -0.970. The maximum absolute atomic E-state index is 11.1. The zero-order valence-electron chi connectivity index (χ0n) is 11.9. The van der Waals surface area contributed by atoms with E-state index in [4.69, 9.17) is 4.74 Å². The molecular weight excluding hydrogens is 240 g/mol. The topological polar surface area (TPSA) is 45.6 Å². The summed E-state index contributed by atoms with van der Waals surface area (Å²) < 4.78 is 5.61. The summed E-state index contributed by atoms with van der Waals surface area (Å²) in [6.07, 6.45) is 3.26. The number of pyridine rings is 1. The number of aliphatic hydroxyl groups is 1. The monoisotopic (exact) mass is 262 g/mol. The normalized spacial score (nSPS) is 35.4. The number of nitrogens with zero attached hydrogens (tertiary/aromatic N) is 2. The second kappa shape index (κ2) is 4.54. The SMILES string of the molecule is Cc1cnc(C2(O)CC3COCC(C2)N3C)c(C)c1. The third kappa shape index (κ3) is 2.18. The van der Waals surface area contributed by atoms with Crippen LogP contribution in [0.4, 0.5) is 0 Å². The molecule has 2 aliphatic heterocycles. The van der Waals surface area contributed by atoms with Crippen LogP contribution in [-0.2, 0) is 10.3 Å². The Morgan fingerprint density at radius 3 is 2.53 bits per heavy atom. The fraction of sp³-hybridized carbons (Fsp3) is 0.667. The minimum absolute atomic E-state index is 0.292. The molecule has 0 saturated carbocycles. The van der Waals surface area contributed by atoms with Crippen molar-refractivity contribution < 1.29 is 9.84 Å². The molecule has 4 nitrogen and oxygen atoms in total. The van der Waals surface area contributed by atoms with Crippen molar-refractivity contribution in [3.05, 3.63) is 29.1 Å². The van der Waals surface area contributed by atoms with Crippen LogP contribution in [-0.4, -0.2) is 47.3 Å². The summed E-state index contributed by atoms with van der Waals surface area (Å²) in [7, 11) is 2.13. The van der Waals surface area contributed by atoms with Gasteiger partial charge in [-0.15, -0.1) is 0 Å². The van der Waals surface area contributed by atoms with Crippen LogP contribution in [0.15, 0.2) is 12.3 Å². The molecule has 2 atom stereocenters. The smallest absolute Gasteiger partial charge is 0.110 e. The summed E-state index contributed by atoms with van der Waals surface area (Å²) >= 11 is 0. The number of aromatic nitrogens is 1. The van der Waals surface area contributed by atoms with Crippen molar-refractivity contribution in [1.29, 1.82) is 0 Å². The molecule has 3 rings (SSSR count). The zero-order chi connectivity index (χ0) is 13.6. The molecule has 3 heterocycles. The molecule has 4 heteroatoms. The highest BCUT2D eigenvalue weighted by Crippen LogP contribution is 2.40. The third-order valence-electron chi connectivity index (χ3n) is 4.57. The van der Waals surface area contributed by atoms with Crippen molar-refractivity contribution in [1.82, 2.24) is 9.88 Å². The molecule has 19 heavy (non-hydrogen) atoms. The van der Waals surface area contributed by atoms with E-state index in [1.165, 1.54) is 0 Å². The van der Waals surface area contributed by atoms with Gasteiger partial charge in [0, 0.05) is 18.3 Å². The van der Waals surface area contributed by atoms with Crippen molar-refractivity contribution in [3.8, 4) is 0 Å². The van der Waals surface area contributed by atoms with E-state index in [1.54, 1.807) is 0 Å². The Balaban J connectivity index is 1.95. The van der Waals surface area contributed by atoms with Crippen LogP contribution in [0.5, 0.6) is 0 Å². The van der Waals surface area contributed by atoms with Gasteiger partial charge in [-0.3, -0.25) is 9.88 Å². The van der Waals surface area contributed by atoms with Gasteiger partial charge in [-0.25, -0.2) is 0 Å². The van der Waals surface area contributed by atoms with Gasteiger partial charge in [0.25, 0.3) is 0 Å². The first-order valence-corrected chi connectivity index (χ1v) is 6.95. The van der Waals surface area contributed by atoms with Crippen LogP contribution in [0, 0.1) is 13.8 Å². The number of hydrogen-bond acceptors (Lipinski definition) is 4. The Labute approximate surface area is 114 Å². The molecule has 0 aromatic carbocycles. The average Bonchev–Trinajstić information content (AvgIpc) is 2.31. The van der Waals surface area contributed by atoms with E-state index >= 15 is 0 Å². The Morgan fingerprint density at radius 1 is 1.32 bits per heavy atom. The van der Waals surface area contributed by atoms with Gasteiger partial charge in [-0.1, -0.05) is 6.07 Å². The van der Waals surface area contributed by atoms with Gasteiger partial charge in [0.1, 0.15) is 5.60 Å². The van der Waals surface area contributed by atoms with Gasteiger partial charge in [-0.05, 0) is 44.9 Å². The summed E-state index contributed by atoms with van der Waals surface area (Å²) in [5, 5.41) is 11.1. The van der Waals surface area contributed by atoms with Crippen LogP contribution in [0.2, 0.25) is 0 Å². The first-order valence-electron chi connectivity index (χ1n) is 6.95. The quantitative estimate of drug-likeness (QED) is 0.830. The van der Waals surface area contributed by atoms with E-state index < -0.39 is 5.60 Å². The maximum atomic E-state index is 11.1. The van der Waals surface area contributed by atoms with E-state index in [1.807, 2.05) is 20.0 Å². The van der Waals surface area contributed by atoms with Gasteiger partial charge >= 0.3 is 0 Å². The molecular formula is C15H22N2O2. The number of piperidine rings is 1. The molecule has 2 saturated heterocycles. The van der Waals surface area contributed by atoms with Crippen LogP contribution in [0.25, 0.3) is 0 Å². The second-order valence-corrected chi connectivity index (χ2v) is 6.13. The lowest BCUT2D eigenvalue weighted by atomic mass is 9.78. The van der Waals surface area contributed by atoms with Crippen LogP contribution < -0.4 is 0 Å². The summed E-state index contributed by atoms with van der Waals surface area (Å²) in [6.45, 7) is 5.49. The lowest BCUT2D eigenvalue weighted by Crippen LogP contribution is -2.59. The minimum Gasteiger partial charge on any atom is -0.383 e. The molecule has 1 aromatic rings. The number of aryl methyl sites for hydroxylation is 2. The summed E-state index contributed by atoms with van der Waals surface area (Å²) in [5.74, 6) is 0. The largest absolute Gasteiger partial charge is 0.383 e. The summed E-state index contributed by atoms with van der Waals surface area (Å²) in [6, 6.07) is 2.69. The number of hydrogen-bond donors (Lipinski definition) is 1. The van der Waals surface area contributed by atoms with Crippen LogP contribution in [0.1, 0.15) is 29.7 Å². The van der Waals surface area contributed by atoms with E-state index in [9.17, 15) is 5.11 Å². The molecule has 0 radical (unpaired) electrons. The first kappa shape index (κ1) is 13.0. The molecule has 104 valence electrons. The predicted molar refractivity (Wildman–Crippen MR) is 73.0 cm³/mol. The van der Waals surface area contributed by atoms with E-state index in [0.29, 0.717) is 38.1 Å². The molecule has 0 amide bonds. The molecule has 1 aromatic heterocycles. The Morgan fingerprint density at radius 2 is 1.95 bits per heavy atom. The maximum Gasteiger partial charge on any atom is 0.110 e. The fourth-order valence-electron chi connectivity index (χ4n) is 3.54. The second-order valence-electron chi connectivity index (χ2n) is 6.13. The van der Waals surface area contributed by atoms with Gasteiger partial charge in [-0.2, -0.15) is 0 Å².